The van der Waals surface area contributed by atoms with Gasteiger partial charge in [0.25, 0.3) is 0 Å². The Morgan fingerprint density at radius 3 is 3.08 bits per heavy atom. The first-order valence-electron chi connectivity index (χ1n) is 4.23. The van der Waals surface area contributed by atoms with Crippen LogP contribution in [0.5, 0.6) is 0 Å². The summed E-state index contributed by atoms with van der Waals surface area (Å²) in [5.41, 5.74) is 8.21. The van der Waals surface area contributed by atoms with Gasteiger partial charge in [-0.1, -0.05) is 23.7 Å². The monoisotopic (exact) mass is 167 g/mol. The summed E-state index contributed by atoms with van der Waals surface area (Å²) in [6.45, 7) is 0. The van der Waals surface area contributed by atoms with Crippen LogP contribution in [-0.2, 0) is 0 Å². The summed E-state index contributed by atoms with van der Waals surface area (Å²) in [6.07, 6.45) is 7.13. The molecule has 0 unspecified atom stereocenters. The lowest BCUT2D eigenvalue weighted by atomic mass is 10.0. The fraction of sp³-hybridized carbons (Fsp3) is 0.750. The van der Waals surface area contributed by atoms with E-state index in [0.29, 0.717) is 0 Å². The van der Waals surface area contributed by atoms with Crippen molar-refractivity contribution in [3.8, 4) is 0 Å². The van der Waals surface area contributed by atoms with Crippen LogP contribution in [0.4, 0.5) is 0 Å². The van der Waals surface area contributed by atoms with Crippen LogP contribution in [0.25, 0.3) is 10.4 Å². The lowest BCUT2D eigenvalue weighted by molar-refractivity contribution is 0.146. The maximum Gasteiger partial charge on any atom is 0.0814 e. The Labute approximate surface area is 71.5 Å². The van der Waals surface area contributed by atoms with Crippen molar-refractivity contribution in [2.24, 2.45) is 5.11 Å². The number of aliphatic hydroxyl groups is 1. The fourth-order valence-corrected chi connectivity index (χ4v) is 1.33. The Kier molecular flexibility index (Phi) is 3.64. The van der Waals surface area contributed by atoms with Gasteiger partial charge in [-0.05, 0) is 24.8 Å². The Hall–Kier alpha value is -0.990. The molecule has 0 aromatic rings. The third kappa shape index (κ3) is 2.57. The molecule has 12 heavy (non-hydrogen) atoms. The van der Waals surface area contributed by atoms with Crippen molar-refractivity contribution in [1.29, 1.82) is 0 Å². The van der Waals surface area contributed by atoms with Crippen LogP contribution in [0.3, 0.4) is 0 Å². The molecule has 1 rings (SSSR count). The van der Waals surface area contributed by atoms with Gasteiger partial charge in [0.15, 0.2) is 0 Å². The van der Waals surface area contributed by atoms with E-state index < -0.39 is 6.10 Å². The van der Waals surface area contributed by atoms with Crippen LogP contribution < -0.4 is 0 Å². The van der Waals surface area contributed by atoms with E-state index in [1.807, 2.05) is 6.08 Å². The van der Waals surface area contributed by atoms with E-state index >= 15 is 0 Å². The number of azide groups is 1. The quantitative estimate of drug-likeness (QED) is 0.276. The maximum atomic E-state index is 9.49. The zero-order valence-electron chi connectivity index (χ0n) is 6.93. The van der Waals surface area contributed by atoms with Crippen molar-refractivity contribution in [2.75, 3.05) is 0 Å². The van der Waals surface area contributed by atoms with E-state index in [2.05, 4.69) is 10.0 Å². The molecule has 0 saturated heterocycles. The van der Waals surface area contributed by atoms with Gasteiger partial charge >= 0.3 is 0 Å². The number of hydrogen-bond donors (Lipinski definition) is 1. The summed E-state index contributed by atoms with van der Waals surface area (Å²) in [5, 5.41) is 13.0. The smallest absolute Gasteiger partial charge is 0.0814 e. The van der Waals surface area contributed by atoms with Gasteiger partial charge in [0.2, 0.25) is 0 Å². The van der Waals surface area contributed by atoms with Crippen LogP contribution >= 0.6 is 0 Å². The molecule has 0 aromatic heterocycles. The van der Waals surface area contributed by atoms with Crippen molar-refractivity contribution in [3.05, 3.63) is 22.6 Å². The third-order valence-corrected chi connectivity index (χ3v) is 2.03. The van der Waals surface area contributed by atoms with Crippen LogP contribution in [0.2, 0.25) is 0 Å². The molecule has 0 aromatic carbocycles. The molecule has 0 aliphatic heterocycles. The molecule has 66 valence electrons. The van der Waals surface area contributed by atoms with Crippen molar-refractivity contribution in [1.82, 2.24) is 0 Å². The van der Waals surface area contributed by atoms with Gasteiger partial charge in [0.1, 0.15) is 0 Å². The second-order valence-electron chi connectivity index (χ2n) is 2.98. The average Bonchev–Trinajstić information content (AvgIpc) is 2.05. The standard InChI is InChI=1S/C8H13N3O/c9-11-10-7-5-3-1-2-4-6-8(7)12/h3,5,7-8,12H,1-2,4,6H2/t7-,8-/m1/s1. The predicted octanol–water partition coefficient (Wildman–Crippen LogP) is 2.16. The Bertz CT molecular complexity index is 208. The van der Waals surface area contributed by atoms with E-state index in [9.17, 15) is 5.11 Å². The lowest BCUT2D eigenvalue weighted by Crippen LogP contribution is -2.22. The van der Waals surface area contributed by atoms with Gasteiger partial charge in [0, 0.05) is 4.91 Å². The second kappa shape index (κ2) is 4.80. The van der Waals surface area contributed by atoms with Crippen molar-refractivity contribution >= 4 is 0 Å². The molecule has 1 aliphatic rings. The summed E-state index contributed by atoms with van der Waals surface area (Å²) in [7, 11) is 0. The van der Waals surface area contributed by atoms with Gasteiger partial charge in [-0.25, -0.2) is 0 Å². The van der Waals surface area contributed by atoms with E-state index in [4.69, 9.17) is 5.53 Å². The van der Waals surface area contributed by atoms with Crippen LogP contribution in [0.1, 0.15) is 25.7 Å². The predicted molar refractivity (Wildman–Crippen MR) is 46.5 cm³/mol. The first kappa shape index (κ1) is 9.10. The SMILES string of the molecule is [N-]=[N+]=N[C@@H]1C=CCCCC[C@H]1O. The van der Waals surface area contributed by atoms with E-state index in [-0.39, 0.29) is 6.04 Å². The topological polar surface area (TPSA) is 69.0 Å². The second-order valence-corrected chi connectivity index (χ2v) is 2.98. The Morgan fingerprint density at radius 2 is 2.33 bits per heavy atom. The molecule has 1 aliphatic carbocycles. The minimum Gasteiger partial charge on any atom is -0.392 e. The van der Waals surface area contributed by atoms with Crippen molar-refractivity contribution in [3.63, 3.8) is 0 Å². The lowest BCUT2D eigenvalue weighted by Gasteiger charge is -2.16. The fourth-order valence-electron chi connectivity index (χ4n) is 1.33. The normalized spacial score (nSPS) is 30.1. The molecule has 0 amide bonds. The first-order valence-corrected chi connectivity index (χ1v) is 4.23. The molecule has 4 heteroatoms. The Balaban J connectivity index is 2.63. The van der Waals surface area contributed by atoms with Crippen molar-refractivity contribution < 1.29 is 5.11 Å². The molecular formula is C8H13N3O. The molecule has 0 saturated carbocycles. The van der Waals surface area contributed by atoms with Crippen LogP contribution in [0, 0.1) is 0 Å². The Morgan fingerprint density at radius 1 is 1.50 bits per heavy atom. The molecule has 1 N–H and O–H groups in total. The third-order valence-electron chi connectivity index (χ3n) is 2.03. The summed E-state index contributed by atoms with van der Waals surface area (Å²) < 4.78 is 0. The largest absolute Gasteiger partial charge is 0.392 e. The molecular weight excluding hydrogens is 154 g/mol. The van der Waals surface area contributed by atoms with E-state index in [0.717, 1.165) is 25.7 Å². The summed E-state index contributed by atoms with van der Waals surface area (Å²) in [6, 6.07) is -0.365. The molecule has 0 fully saturated rings. The molecule has 4 nitrogen and oxygen atoms in total. The van der Waals surface area contributed by atoms with Gasteiger partial charge in [-0.3, -0.25) is 0 Å². The molecule has 0 spiro atoms. The number of rotatable bonds is 1. The highest BCUT2D eigenvalue weighted by Crippen LogP contribution is 2.14. The highest BCUT2D eigenvalue weighted by atomic mass is 16.3. The summed E-state index contributed by atoms with van der Waals surface area (Å²) in [5.74, 6) is 0. The first-order chi connectivity index (χ1) is 5.84. The number of nitrogens with zero attached hydrogens (tertiary/aromatic N) is 3. The molecule has 0 radical (unpaired) electrons. The molecule has 2 atom stereocenters. The van der Waals surface area contributed by atoms with Crippen LogP contribution in [-0.4, -0.2) is 17.3 Å². The highest BCUT2D eigenvalue weighted by molar-refractivity contribution is 4.98. The van der Waals surface area contributed by atoms with Gasteiger partial charge < -0.3 is 5.11 Å². The molecule has 0 heterocycles. The van der Waals surface area contributed by atoms with Crippen molar-refractivity contribution in [2.45, 2.75) is 37.8 Å². The van der Waals surface area contributed by atoms with Gasteiger partial charge in [0.05, 0.1) is 12.1 Å². The highest BCUT2D eigenvalue weighted by Gasteiger charge is 2.15. The van der Waals surface area contributed by atoms with Crippen LogP contribution in [0.15, 0.2) is 17.3 Å². The number of aliphatic hydroxyl groups excluding tert-OH is 1. The van der Waals surface area contributed by atoms with E-state index in [1.54, 1.807) is 6.08 Å². The van der Waals surface area contributed by atoms with Gasteiger partial charge in [-0.2, -0.15) is 0 Å². The minimum atomic E-state index is -0.502. The maximum absolute atomic E-state index is 9.49. The van der Waals surface area contributed by atoms with Gasteiger partial charge in [-0.15, -0.1) is 0 Å². The molecule has 0 bridgehead atoms. The van der Waals surface area contributed by atoms with E-state index in [1.165, 1.54) is 0 Å². The summed E-state index contributed by atoms with van der Waals surface area (Å²) >= 11 is 0. The number of hydrogen-bond acceptors (Lipinski definition) is 2. The minimum absolute atomic E-state index is 0.365. The zero-order valence-corrected chi connectivity index (χ0v) is 6.93. The number of allylic oxidation sites excluding steroid dienone is 1. The average molecular weight is 167 g/mol. The zero-order chi connectivity index (χ0) is 8.81. The summed E-state index contributed by atoms with van der Waals surface area (Å²) in [4.78, 5) is 2.70.